The van der Waals surface area contributed by atoms with Crippen LogP contribution in [0.25, 0.3) is 0 Å². The van der Waals surface area contributed by atoms with E-state index in [1.54, 1.807) is 0 Å². The molecule has 1 aromatic rings. The van der Waals surface area contributed by atoms with E-state index in [-0.39, 0.29) is 0 Å². The molecule has 1 aliphatic carbocycles. The van der Waals surface area contributed by atoms with E-state index in [0.717, 1.165) is 19.3 Å². The third-order valence-corrected chi connectivity index (χ3v) is 3.52. The first kappa shape index (κ1) is 11.9. The molecule has 2 rings (SSSR count). The first-order valence-corrected chi connectivity index (χ1v) is 5.85. The summed E-state index contributed by atoms with van der Waals surface area (Å²) in [5.74, 6) is -1.60. The van der Waals surface area contributed by atoms with Crippen LogP contribution in [0.15, 0.2) is 18.2 Å². The lowest BCUT2D eigenvalue weighted by Crippen LogP contribution is -2.21. The van der Waals surface area contributed by atoms with E-state index >= 15 is 0 Å². The van der Waals surface area contributed by atoms with E-state index in [2.05, 4.69) is 0 Å². The first-order chi connectivity index (χ1) is 8.08. The molecule has 1 saturated carbocycles. The monoisotopic (exact) mass is 237 g/mol. The number of nitrogen functional groups attached to an aromatic ring is 1. The zero-order chi connectivity index (χ0) is 12.4. The highest BCUT2D eigenvalue weighted by atomic mass is 19.1. The molecule has 4 heteroatoms. The summed E-state index contributed by atoms with van der Waals surface area (Å²) < 4.78 is 13.2. The molecule has 0 bridgehead atoms. The topological polar surface area (TPSA) is 63.3 Å². The largest absolute Gasteiger partial charge is 0.481 e. The maximum atomic E-state index is 13.2. The Balaban J connectivity index is 2.24. The van der Waals surface area contributed by atoms with Gasteiger partial charge >= 0.3 is 5.97 Å². The van der Waals surface area contributed by atoms with Crippen molar-refractivity contribution in [3.8, 4) is 0 Å². The number of carbonyl (C=O) groups is 1. The number of nitrogens with two attached hydrogens (primary N) is 1. The van der Waals surface area contributed by atoms with E-state index in [1.807, 2.05) is 0 Å². The third kappa shape index (κ3) is 2.57. The Hall–Kier alpha value is -1.58. The molecule has 3 N–H and O–H groups in total. The van der Waals surface area contributed by atoms with E-state index in [4.69, 9.17) is 5.73 Å². The van der Waals surface area contributed by atoms with Gasteiger partial charge in [-0.3, -0.25) is 4.79 Å². The molecule has 0 aromatic heterocycles. The number of rotatable bonds is 4. The number of anilines is 1. The number of hydrogen-bond acceptors (Lipinski definition) is 2. The van der Waals surface area contributed by atoms with E-state index in [1.165, 1.54) is 18.2 Å². The summed E-state index contributed by atoms with van der Waals surface area (Å²) in [4.78, 5) is 11.3. The molecule has 0 radical (unpaired) electrons. The average Bonchev–Trinajstić information content (AvgIpc) is 2.20. The van der Waals surface area contributed by atoms with Gasteiger partial charge in [-0.15, -0.1) is 0 Å². The third-order valence-electron chi connectivity index (χ3n) is 3.52. The van der Waals surface area contributed by atoms with Gasteiger partial charge in [0.15, 0.2) is 0 Å². The molecule has 0 amide bonds. The second-order valence-electron chi connectivity index (χ2n) is 4.70. The smallest absolute Gasteiger partial charge is 0.311 e. The van der Waals surface area contributed by atoms with Gasteiger partial charge in [-0.25, -0.2) is 4.39 Å². The average molecular weight is 237 g/mol. The van der Waals surface area contributed by atoms with Gasteiger partial charge in [-0.05, 0) is 36.1 Å². The van der Waals surface area contributed by atoms with Crippen molar-refractivity contribution < 1.29 is 14.3 Å². The van der Waals surface area contributed by atoms with Crippen LogP contribution in [0.2, 0.25) is 0 Å². The van der Waals surface area contributed by atoms with Gasteiger partial charge in [0.25, 0.3) is 0 Å². The Morgan fingerprint density at radius 2 is 2.24 bits per heavy atom. The minimum absolute atomic E-state index is 0.359. The fourth-order valence-electron chi connectivity index (χ4n) is 2.27. The predicted molar refractivity (Wildman–Crippen MR) is 63.1 cm³/mol. The van der Waals surface area contributed by atoms with Gasteiger partial charge in [0.05, 0.1) is 5.92 Å². The van der Waals surface area contributed by atoms with E-state index in [9.17, 15) is 14.3 Å². The highest BCUT2D eigenvalue weighted by Gasteiger charge is 2.29. The van der Waals surface area contributed by atoms with Crippen LogP contribution in [0.3, 0.4) is 0 Å². The molecule has 1 aromatic carbocycles. The van der Waals surface area contributed by atoms with Crippen LogP contribution >= 0.6 is 0 Å². The van der Waals surface area contributed by atoms with Crippen molar-refractivity contribution in [2.24, 2.45) is 5.92 Å². The van der Waals surface area contributed by atoms with Crippen LogP contribution in [0.4, 0.5) is 10.1 Å². The van der Waals surface area contributed by atoms with Crippen LogP contribution in [0.1, 0.15) is 37.2 Å². The van der Waals surface area contributed by atoms with E-state index < -0.39 is 17.7 Å². The van der Waals surface area contributed by atoms with Crippen LogP contribution in [-0.2, 0) is 4.79 Å². The summed E-state index contributed by atoms with van der Waals surface area (Å²) in [5.41, 5.74) is 6.50. The Morgan fingerprint density at radius 3 is 2.76 bits per heavy atom. The number of benzene rings is 1. The number of carboxylic acid groups (broad SMARTS) is 1. The van der Waals surface area contributed by atoms with Crippen molar-refractivity contribution in [3.05, 3.63) is 29.6 Å². The summed E-state index contributed by atoms with van der Waals surface area (Å²) >= 11 is 0. The van der Waals surface area contributed by atoms with Crippen molar-refractivity contribution in [2.45, 2.75) is 31.6 Å². The Bertz CT molecular complexity index is 429. The standard InChI is InChI=1S/C13H16FNO2/c14-9-4-5-12(15)10(7-9)11(13(16)17)6-8-2-1-3-8/h4-5,7-8,11H,1-3,6,15H2,(H,16,17). The minimum Gasteiger partial charge on any atom is -0.481 e. The fourth-order valence-corrected chi connectivity index (χ4v) is 2.27. The summed E-state index contributed by atoms with van der Waals surface area (Å²) in [6.45, 7) is 0. The maximum absolute atomic E-state index is 13.2. The predicted octanol–water partition coefficient (Wildman–Crippen LogP) is 2.77. The van der Waals surface area contributed by atoms with Gasteiger partial charge in [0.2, 0.25) is 0 Å². The molecule has 0 saturated heterocycles. The van der Waals surface area contributed by atoms with Crippen molar-refractivity contribution in [1.29, 1.82) is 0 Å². The molecular weight excluding hydrogens is 221 g/mol. The Kier molecular flexibility index (Phi) is 3.31. The van der Waals surface area contributed by atoms with Gasteiger partial charge in [-0.1, -0.05) is 19.3 Å². The number of halogens is 1. The number of hydrogen-bond donors (Lipinski definition) is 2. The molecule has 3 nitrogen and oxygen atoms in total. The SMILES string of the molecule is Nc1ccc(F)cc1C(CC1CCC1)C(=O)O. The maximum Gasteiger partial charge on any atom is 0.311 e. The lowest BCUT2D eigenvalue weighted by Gasteiger charge is -2.28. The highest BCUT2D eigenvalue weighted by molar-refractivity contribution is 5.78. The summed E-state index contributed by atoms with van der Waals surface area (Å²) in [5, 5.41) is 9.23. The number of carboxylic acids is 1. The first-order valence-electron chi connectivity index (χ1n) is 5.85. The molecule has 0 spiro atoms. The molecule has 0 aliphatic heterocycles. The second kappa shape index (κ2) is 4.73. The summed E-state index contributed by atoms with van der Waals surface area (Å²) in [7, 11) is 0. The molecular formula is C13H16FNO2. The minimum atomic E-state index is -0.922. The van der Waals surface area contributed by atoms with Crippen LogP contribution in [0.5, 0.6) is 0 Å². The zero-order valence-corrected chi connectivity index (χ0v) is 9.53. The summed E-state index contributed by atoms with van der Waals surface area (Å²) in [6, 6.07) is 3.93. The zero-order valence-electron chi connectivity index (χ0n) is 9.53. The number of aliphatic carboxylic acids is 1. The highest BCUT2D eigenvalue weighted by Crippen LogP contribution is 2.37. The molecule has 1 fully saturated rings. The fraction of sp³-hybridized carbons (Fsp3) is 0.462. The van der Waals surface area contributed by atoms with Crippen molar-refractivity contribution in [1.82, 2.24) is 0 Å². The second-order valence-corrected chi connectivity index (χ2v) is 4.70. The van der Waals surface area contributed by atoms with Crippen LogP contribution in [-0.4, -0.2) is 11.1 Å². The van der Waals surface area contributed by atoms with Gasteiger partial charge in [0, 0.05) is 5.69 Å². The van der Waals surface area contributed by atoms with Crippen LogP contribution in [0, 0.1) is 11.7 Å². The molecule has 92 valence electrons. The van der Waals surface area contributed by atoms with Crippen molar-refractivity contribution in [3.63, 3.8) is 0 Å². The molecule has 17 heavy (non-hydrogen) atoms. The Morgan fingerprint density at radius 1 is 1.53 bits per heavy atom. The summed E-state index contributed by atoms with van der Waals surface area (Å²) in [6.07, 6.45) is 3.86. The molecule has 0 heterocycles. The van der Waals surface area contributed by atoms with Crippen LogP contribution < -0.4 is 5.73 Å². The van der Waals surface area contributed by atoms with Gasteiger partial charge in [0.1, 0.15) is 5.82 Å². The molecule has 1 atom stereocenters. The lowest BCUT2D eigenvalue weighted by atomic mass is 9.77. The normalized spacial score (nSPS) is 17.5. The molecule has 1 aliphatic rings. The Labute approximate surface area is 99.4 Å². The molecule has 1 unspecified atom stereocenters. The van der Waals surface area contributed by atoms with E-state index in [0.29, 0.717) is 23.6 Å². The lowest BCUT2D eigenvalue weighted by molar-refractivity contribution is -0.139. The van der Waals surface area contributed by atoms with Crippen molar-refractivity contribution in [2.75, 3.05) is 5.73 Å². The quantitative estimate of drug-likeness (QED) is 0.791. The van der Waals surface area contributed by atoms with Gasteiger partial charge < -0.3 is 10.8 Å². The van der Waals surface area contributed by atoms with Gasteiger partial charge in [-0.2, -0.15) is 0 Å². The van der Waals surface area contributed by atoms with Crippen molar-refractivity contribution >= 4 is 11.7 Å².